The fraction of sp³-hybridized carbons (Fsp3) is 0.333. The van der Waals surface area contributed by atoms with Crippen LogP contribution < -0.4 is 10.6 Å². The van der Waals surface area contributed by atoms with Crippen molar-refractivity contribution in [3.63, 3.8) is 0 Å². The van der Waals surface area contributed by atoms with Crippen molar-refractivity contribution in [2.24, 2.45) is 0 Å². The minimum Gasteiger partial charge on any atom is -0.370 e. The van der Waals surface area contributed by atoms with Gasteiger partial charge in [-0.15, -0.1) is 11.3 Å². The van der Waals surface area contributed by atoms with Gasteiger partial charge in [0.05, 0.1) is 17.8 Å². The lowest BCUT2D eigenvalue weighted by Crippen LogP contribution is -2.27. The minimum absolute atomic E-state index is 0.131. The molecule has 0 saturated carbocycles. The lowest BCUT2D eigenvalue weighted by Gasteiger charge is -2.14. The van der Waals surface area contributed by atoms with E-state index in [1.807, 2.05) is 32.9 Å². The molecule has 0 spiro atoms. The quantitative estimate of drug-likeness (QED) is 0.888. The van der Waals surface area contributed by atoms with E-state index < -0.39 is 5.82 Å². The molecule has 2 N–H and O–H groups in total. The molecule has 0 aliphatic rings. The summed E-state index contributed by atoms with van der Waals surface area (Å²) in [4.78, 5) is 18.5. The first kappa shape index (κ1) is 15.4. The summed E-state index contributed by atoms with van der Waals surface area (Å²) in [5.74, 6) is -0.469. The zero-order valence-electron chi connectivity index (χ0n) is 12.2. The first-order chi connectivity index (χ1) is 10.0. The minimum atomic E-state index is -0.526. The van der Waals surface area contributed by atoms with Gasteiger partial charge in [0.1, 0.15) is 11.6 Å². The topological polar surface area (TPSA) is 54.0 Å². The summed E-state index contributed by atoms with van der Waals surface area (Å²) < 4.78 is 13.3. The smallest absolute Gasteiger partial charge is 0.255 e. The summed E-state index contributed by atoms with van der Waals surface area (Å²) >= 11 is 1.63. The summed E-state index contributed by atoms with van der Waals surface area (Å²) in [6, 6.07) is 5.07. The fourth-order valence-electron chi connectivity index (χ4n) is 1.95. The predicted octanol–water partition coefficient (Wildman–Crippen LogP) is 3.51. The number of halogens is 1. The van der Waals surface area contributed by atoms with E-state index in [9.17, 15) is 9.18 Å². The van der Waals surface area contributed by atoms with Crippen molar-refractivity contribution in [1.29, 1.82) is 0 Å². The highest BCUT2D eigenvalue weighted by atomic mass is 32.1. The second kappa shape index (κ2) is 6.67. The van der Waals surface area contributed by atoms with Crippen LogP contribution >= 0.6 is 11.3 Å². The number of rotatable bonds is 5. The van der Waals surface area contributed by atoms with Crippen molar-refractivity contribution in [2.45, 2.75) is 26.8 Å². The molecule has 0 radical (unpaired) electrons. The van der Waals surface area contributed by atoms with Crippen molar-refractivity contribution in [3.05, 3.63) is 45.5 Å². The van der Waals surface area contributed by atoms with Crippen LogP contribution in [0.4, 0.5) is 10.2 Å². The van der Waals surface area contributed by atoms with Gasteiger partial charge in [0.15, 0.2) is 0 Å². The Morgan fingerprint density at radius 1 is 1.48 bits per heavy atom. The molecule has 0 aliphatic carbocycles. The molecule has 1 unspecified atom stereocenters. The Morgan fingerprint density at radius 2 is 2.24 bits per heavy atom. The molecule has 2 aromatic rings. The summed E-state index contributed by atoms with van der Waals surface area (Å²) in [7, 11) is 0. The summed E-state index contributed by atoms with van der Waals surface area (Å²) in [5.41, 5.74) is 0.219. The SMILES string of the molecule is CCNc1ncc(F)cc1C(=O)NC(C)c1ccc(C)s1. The monoisotopic (exact) mass is 307 g/mol. The predicted molar refractivity (Wildman–Crippen MR) is 83.3 cm³/mol. The molecule has 112 valence electrons. The van der Waals surface area contributed by atoms with Crippen LogP contribution in [0.3, 0.4) is 0 Å². The number of nitrogens with zero attached hydrogens (tertiary/aromatic N) is 1. The molecule has 2 aromatic heterocycles. The standard InChI is InChI=1S/C15H18FN3OS/c1-4-17-14-12(7-11(16)8-18-14)15(20)19-10(3)13-6-5-9(2)21-13/h5-8,10H,4H2,1-3H3,(H,17,18)(H,19,20). The largest absolute Gasteiger partial charge is 0.370 e. The van der Waals surface area contributed by atoms with E-state index in [4.69, 9.17) is 0 Å². The van der Waals surface area contributed by atoms with Gasteiger partial charge in [-0.2, -0.15) is 0 Å². The van der Waals surface area contributed by atoms with Gasteiger partial charge >= 0.3 is 0 Å². The van der Waals surface area contributed by atoms with Crippen LogP contribution in [0.25, 0.3) is 0 Å². The number of thiophene rings is 1. The van der Waals surface area contributed by atoms with E-state index >= 15 is 0 Å². The number of hydrogen-bond donors (Lipinski definition) is 2. The lowest BCUT2D eigenvalue weighted by molar-refractivity contribution is 0.0940. The van der Waals surface area contributed by atoms with Crippen molar-refractivity contribution >= 4 is 23.1 Å². The molecule has 0 aromatic carbocycles. The Balaban J connectivity index is 2.18. The molecule has 4 nitrogen and oxygen atoms in total. The maximum Gasteiger partial charge on any atom is 0.255 e. The van der Waals surface area contributed by atoms with Crippen molar-refractivity contribution < 1.29 is 9.18 Å². The van der Waals surface area contributed by atoms with Crippen molar-refractivity contribution in [1.82, 2.24) is 10.3 Å². The van der Waals surface area contributed by atoms with Gasteiger partial charge in [0, 0.05) is 16.3 Å². The van der Waals surface area contributed by atoms with Gasteiger partial charge in [0.2, 0.25) is 0 Å². The second-order valence-corrected chi connectivity index (χ2v) is 6.04. The Labute approximate surface area is 127 Å². The van der Waals surface area contributed by atoms with E-state index in [-0.39, 0.29) is 17.5 Å². The second-order valence-electron chi connectivity index (χ2n) is 4.72. The number of aryl methyl sites for hydroxylation is 1. The van der Waals surface area contributed by atoms with Crippen molar-refractivity contribution in [2.75, 3.05) is 11.9 Å². The zero-order valence-corrected chi connectivity index (χ0v) is 13.1. The Morgan fingerprint density at radius 3 is 2.86 bits per heavy atom. The number of anilines is 1. The highest BCUT2D eigenvalue weighted by molar-refractivity contribution is 7.12. The molecular formula is C15H18FN3OS. The lowest BCUT2D eigenvalue weighted by atomic mass is 10.2. The Hall–Kier alpha value is -1.95. The highest BCUT2D eigenvalue weighted by Gasteiger charge is 2.17. The van der Waals surface area contributed by atoms with Gasteiger partial charge < -0.3 is 10.6 Å². The average Bonchev–Trinajstić information content (AvgIpc) is 2.87. The van der Waals surface area contributed by atoms with Crippen LogP contribution in [0.5, 0.6) is 0 Å². The normalized spacial score (nSPS) is 12.0. The van der Waals surface area contributed by atoms with E-state index in [0.29, 0.717) is 12.4 Å². The molecule has 1 atom stereocenters. The molecular weight excluding hydrogens is 289 g/mol. The van der Waals surface area contributed by atoms with E-state index in [1.54, 1.807) is 11.3 Å². The van der Waals surface area contributed by atoms with Gasteiger partial charge in [-0.05, 0) is 39.0 Å². The maximum absolute atomic E-state index is 13.3. The van der Waals surface area contributed by atoms with Gasteiger partial charge in [-0.25, -0.2) is 9.37 Å². The average molecular weight is 307 g/mol. The molecule has 0 fully saturated rings. The molecule has 1 amide bonds. The molecule has 6 heteroatoms. The third-order valence-electron chi connectivity index (χ3n) is 2.98. The van der Waals surface area contributed by atoms with Gasteiger partial charge in [0.25, 0.3) is 5.91 Å². The Kier molecular flexibility index (Phi) is 4.90. The first-order valence-corrected chi connectivity index (χ1v) is 7.59. The summed E-state index contributed by atoms with van der Waals surface area (Å²) in [6.07, 6.45) is 1.10. The number of carbonyl (C=O) groups excluding carboxylic acids is 1. The number of hydrogen-bond acceptors (Lipinski definition) is 4. The first-order valence-electron chi connectivity index (χ1n) is 6.78. The Bertz CT molecular complexity index is 642. The van der Waals surface area contributed by atoms with E-state index in [0.717, 1.165) is 11.1 Å². The van der Waals surface area contributed by atoms with Crippen LogP contribution in [0, 0.1) is 12.7 Å². The van der Waals surface area contributed by atoms with E-state index in [1.165, 1.54) is 10.9 Å². The molecule has 21 heavy (non-hydrogen) atoms. The maximum atomic E-state index is 13.3. The van der Waals surface area contributed by atoms with Crippen LogP contribution in [-0.4, -0.2) is 17.4 Å². The molecule has 0 aliphatic heterocycles. The van der Waals surface area contributed by atoms with Crippen LogP contribution in [0.15, 0.2) is 24.4 Å². The number of amides is 1. The van der Waals surface area contributed by atoms with Gasteiger partial charge in [-0.3, -0.25) is 4.79 Å². The van der Waals surface area contributed by atoms with Crippen LogP contribution in [0.1, 0.15) is 40.0 Å². The van der Waals surface area contributed by atoms with Crippen LogP contribution in [0.2, 0.25) is 0 Å². The molecule has 0 bridgehead atoms. The molecule has 0 saturated heterocycles. The van der Waals surface area contributed by atoms with E-state index in [2.05, 4.69) is 15.6 Å². The van der Waals surface area contributed by atoms with Crippen LogP contribution in [-0.2, 0) is 0 Å². The summed E-state index contributed by atoms with van der Waals surface area (Å²) in [6.45, 7) is 6.42. The van der Waals surface area contributed by atoms with Crippen molar-refractivity contribution in [3.8, 4) is 0 Å². The third kappa shape index (κ3) is 3.78. The highest BCUT2D eigenvalue weighted by Crippen LogP contribution is 2.23. The number of carbonyl (C=O) groups is 1. The molecule has 2 heterocycles. The number of aromatic nitrogens is 1. The number of pyridine rings is 1. The fourth-order valence-corrected chi connectivity index (χ4v) is 2.83. The van der Waals surface area contributed by atoms with Gasteiger partial charge in [-0.1, -0.05) is 0 Å². The summed E-state index contributed by atoms with van der Waals surface area (Å²) in [5, 5.41) is 5.84. The number of nitrogens with one attached hydrogen (secondary N) is 2. The zero-order chi connectivity index (χ0) is 15.4. The molecule has 2 rings (SSSR count). The third-order valence-corrected chi connectivity index (χ3v) is 4.16.